The number of unbranched alkanes of at least 4 members (excludes halogenated alkanes) is 2. The van der Waals surface area contributed by atoms with E-state index in [1.807, 2.05) is 12.1 Å². The van der Waals surface area contributed by atoms with E-state index >= 15 is 0 Å². The molecule has 95 valence electrons. The van der Waals surface area contributed by atoms with Crippen LogP contribution in [-0.4, -0.2) is 0 Å². The topological polar surface area (TPSA) is 0 Å². The van der Waals surface area contributed by atoms with E-state index < -0.39 is 0 Å². The maximum atomic E-state index is 3.09. The highest BCUT2D eigenvalue weighted by atomic mass is 14.1. The van der Waals surface area contributed by atoms with Crippen LogP contribution in [0.15, 0.2) is 24.3 Å². The molecule has 0 aliphatic carbocycles. The first-order valence-electron chi connectivity index (χ1n) is 7.31. The average Bonchev–Trinajstić information content (AvgIpc) is 2.39. The molecule has 0 unspecified atom stereocenters. The van der Waals surface area contributed by atoms with Gasteiger partial charge in [0.15, 0.2) is 0 Å². The molecule has 0 bridgehead atoms. The molecule has 0 aromatic heterocycles. The fourth-order valence-corrected chi connectivity index (χ4v) is 2.38. The molecule has 17 heavy (non-hydrogen) atoms. The molecule has 0 N–H and O–H groups in total. The first-order chi connectivity index (χ1) is 8.36. The molecular weight excluding hydrogens is 204 g/mol. The van der Waals surface area contributed by atoms with Crippen molar-refractivity contribution in [2.45, 2.75) is 65.2 Å². The molecule has 0 aliphatic rings. The lowest BCUT2D eigenvalue weighted by Crippen LogP contribution is -2.02. The van der Waals surface area contributed by atoms with Crippen LogP contribution in [0.5, 0.6) is 0 Å². The number of benzene rings is 1. The van der Waals surface area contributed by atoms with Crippen molar-refractivity contribution in [1.29, 1.82) is 0 Å². The zero-order chi connectivity index (χ0) is 12.3. The zero-order valence-corrected chi connectivity index (χ0v) is 11.5. The van der Waals surface area contributed by atoms with Crippen molar-refractivity contribution in [3.63, 3.8) is 0 Å². The van der Waals surface area contributed by atoms with Crippen LogP contribution in [0.2, 0.25) is 0 Å². The third kappa shape index (κ3) is 6.51. The van der Waals surface area contributed by atoms with Crippen molar-refractivity contribution in [2.24, 2.45) is 5.92 Å². The molecular formula is C17H27. The summed E-state index contributed by atoms with van der Waals surface area (Å²) >= 11 is 0. The molecule has 0 atom stereocenters. The SMILES string of the molecule is CCCCC(CCCC)CCc1cc[c]cc1. The van der Waals surface area contributed by atoms with Crippen LogP contribution in [0, 0.1) is 12.0 Å². The number of hydrogen-bond donors (Lipinski definition) is 0. The van der Waals surface area contributed by atoms with Gasteiger partial charge >= 0.3 is 0 Å². The molecule has 1 aromatic rings. The molecule has 0 spiro atoms. The van der Waals surface area contributed by atoms with Crippen LogP contribution in [0.3, 0.4) is 0 Å². The average molecular weight is 231 g/mol. The van der Waals surface area contributed by atoms with Gasteiger partial charge in [0, 0.05) is 0 Å². The van der Waals surface area contributed by atoms with Gasteiger partial charge in [0.1, 0.15) is 0 Å². The van der Waals surface area contributed by atoms with Crippen LogP contribution in [0.25, 0.3) is 0 Å². The molecule has 0 nitrogen and oxygen atoms in total. The predicted molar refractivity (Wildman–Crippen MR) is 76.1 cm³/mol. The number of hydrogen-bond acceptors (Lipinski definition) is 0. The van der Waals surface area contributed by atoms with Crippen molar-refractivity contribution >= 4 is 0 Å². The number of rotatable bonds is 9. The highest BCUT2D eigenvalue weighted by Crippen LogP contribution is 2.21. The third-order valence-electron chi connectivity index (χ3n) is 3.56. The molecule has 1 aromatic carbocycles. The quantitative estimate of drug-likeness (QED) is 0.532. The molecule has 1 radical (unpaired) electrons. The highest BCUT2D eigenvalue weighted by Gasteiger charge is 2.07. The summed E-state index contributed by atoms with van der Waals surface area (Å²) in [4.78, 5) is 0. The van der Waals surface area contributed by atoms with Crippen molar-refractivity contribution < 1.29 is 0 Å². The Morgan fingerprint density at radius 2 is 1.53 bits per heavy atom. The molecule has 1 rings (SSSR count). The summed E-state index contributed by atoms with van der Waals surface area (Å²) in [6.45, 7) is 4.59. The van der Waals surface area contributed by atoms with E-state index in [1.165, 1.54) is 56.9 Å². The van der Waals surface area contributed by atoms with Gasteiger partial charge in [0.05, 0.1) is 0 Å². The summed E-state index contributed by atoms with van der Waals surface area (Å²) in [5, 5.41) is 0. The van der Waals surface area contributed by atoms with E-state index in [-0.39, 0.29) is 0 Å². The molecule has 0 heterocycles. The lowest BCUT2D eigenvalue weighted by atomic mass is 9.90. The molecule has 0 fully saturated rings. The van der Waals surface area contributed by atoms with Gasteiger partial charge in [-0.05, 0) is 30.4 Å². The largest absolute Gasteiger partial charge is 0.0654 e. The zero-order valence-electron chi connectivity index (χ0n) is 11.5. The summed E-state index contributed by atoms with van der Waals surface area (Å²) in [5.74, 6) is 0.944. The molecule has 0 aliphatic heterocycles. The van der Waals surface area contributed by atoms with Crippen molar-refractivity contribution in [3.8, 4) is 0 Å². The predicted octanol–water partition coefficient (Wildman–Crippen LogP) is 5.42. The van der Waals surface area contributed by atoms with Crippen LogP contribution >= 0.6 is 0 Å². The van der Waals surface area contributed by atoms with Crippen molar-refractivity contribution in [2.75, 3.05) is 0 Å². The van der Waals surface area contributed by atoms with Gasteiger partial charge in [-0.15, -0.1) is 0 Å². The standard InChI is InChI=1S/C17H27/c1-3-5-10-16(11-6-4-2)14-15-17-12-8-7-9-13-17/h8-9,12-13,16H,3-6,10-11,14-15H2,1-2H3. The second-order valence-corrected chi connectivity index (χ2v) is 5.10. The normalized spacial score (nSPS) is 11.0. The molecule has 0 amide bonds. The molecule has 0 saturated heterocycles. The van der Waals surface area contributed by atoms with E-state index in [2.05, 4.69) is 32.0 Å². The number of aryl methyl sites for hydroxylation is 1. The van der Waals surface area contributed by atoms with Crippen LogP contribution in [0.1, 0.15) is 64.4 Å². The van der Waals surface area contributed by atoms with E-state index in [9.17, 15) is 0 Å². The summed E-state index contributed by atoms with van der Waals surface area (Å²) < 4.78 is 0. The smallest absolute Gasteiger partial charge is 0.0184 e. The van der Waals surface area contributed by atoms with Crippen LogP contribution in [-0.2, 0) is 6.42 Å². The van der Waals surface area contributed by atoms with E-state index in [0.717, 1.165) is 5.92 Å². The Morgan fingerprint density at radius 3 is 2.06 bits per heavy atom. The van der Waals surface area contributed by atoms with Gasteiger partial charge in [-0.1, -0.05) is 76.6 Å². The van der Waals surface area contributed by atoms with Gasteiger partial charge in [-0.2, -0.15) is 0 Å². The monoisotopic (exact) mass is 231 g/mol. The highest BCUT2D eigenvalue weighted by molar-refractivity contribution is 5.13. The second kappa shape index (κ2) is 9.27. The summed E-state index contributed by atoms with van der Waals surface area (Å²) in [5.41, 5.74) is 1.47. The lowest BCUT2D eigenvalue weighted by Gasteiger charge is -2.16. The maximum Gasteiger partial charge on any atom is -0.0184 e. The fourth-order valence-electron chi connectivity index (χ4n) is 2.38. The Kier molecular flexibility index (Phi) is 7.79. The van der Waals surface area contributed by atoms with E-state index in [1.54, 1.807) is 0 Å². The Hall–Kier alpha value is -0.780. The van der Waals surface area contributed by atoms with Crippen LogP contribution < -0.4 is 0 Å². The Morgan fingerprint density at radius 1 is 0.941 bits per heavy atom. The fraction of sp³-hybridized carbons (Fsp3) is 0.647. The molecule has 0 heteroatoms. The minimum absolute atomic E-state index is 0.944. The molecule has 0 saturated carbocycles. The second-order valence-electron chi connectivity index (χ2n) is 5.10. The Bertz CT molecular complexity index is 255. The van der Waals surface area contributed by atoms with Crippen LogP contribution in [0.4, 0.5) is 0 Å². The van der Waals surface area contributed by atoms with Gasteiger partial charge in [-0.3, -0.25) is 0 Å². The van der Waals surface area contributed by atoms with E-state index in [0.29, 0.717) is 0 Å². The minimum Gasteiger partial charge on any atom is -0.0654 e. The summed E-state index contributed by atoms with van der Waals surface area (Å²) in [6.07, 6.45) is 10.9. The van der Waals surface area contributed by atoms with Crippen molar-refractivity contribution in [1.82, 2.24) is 0 Å². The third-order valence-corrected chi connectivity index (χ3v) is 3.56. The summed E-state index contributed by atoms with van der Waals surface area (Å²) in [7, 11) is 0. The van der Waals surface area contributed by atoms with Crippen molar-refractivity contribution in [3.05, 3.63) is 35.9 Å². The van der Waals surface area contributed by atoms with Gasteiger partial charge < -0.3 is 0 Å². The first-order valence-corrected chi connectivity index (χ1v) is 7.31. The summed E-state index contributed by atoms with van der Waals surface area (Å²) in [6, 6.07) is 11.6. The lowest BCUT2D eigenvalue weighted by molar-refractivity contribution is 0.394. The van der Waals surface area contributed by atoms with Gasteiger partial charge in [-0.25, -0.2) is 0 Å². The Labute approximate surface area is 107 Å². The van der Waals surface area contributed by atoms with Gasteiger partial charge in [0.2, 0.25) is 0 Å². The Balaban J connectivity index is 2.31. The minimum atomic E-state index is 0.944. The maximum absolute atomic E-state index is 3.09. The first kappa shape index (κ1) is 14.3. The van der Waals surface area contributed by atoms with E-state index in [4.69, 9.17) is 0 Å². The van der Waals surface area contributed by atoms with Gasteiger partial charge in [0.25, 0.3) is 0 Å².